The smallest absolute Gasteiger partial charge is 0.277 e. The van der Waals surface area contributed by atoms with E-state index in [1.54, 1.807) is 26.1 Å². The summed E-state index contributed by atoms with van der Waals surface area (Å²) >= 11 is 6.08. The average molecular weight is 349 g/mol. The average Bonchev–Trinajstić information content (AvgIpc) is 3.04. The molecule has 0 aliphatic rings. The first-order valence-corrected chi connectivity index (χ1v) is 7.46. The maximum atomic E-state index is 13.2. The molecule has 0 saturated heterocycles. The Labute approximate surface area is 142 Å². The second-order valence-electron chi connectivity index (χ2n) is 5.22. The van der Waals surface area contributed by atoms with E-state index in [2.05, 4.69) is 20.5 Å². The molecule has 1 N–H and O–H groups in total. The summed E-state index contributed by atoms with van der Waals surface area (Å²) in [6.07, 6.45) is 1.45. The molecule has 2 aromatic heterocycles. The van der Waals surface area contributed by atoms with Gasteiger partial charge in [-0.3, -0.25) is 14.8 Å². The van der Waals surface area contributed by atoms with Crippen LogP contribution in [-0.4, -0.2) is 30.5 Å². The molecule has 7 nitrogen and oxygen atoms in total. The molecule has 0 radical (unpaired) electrons. The number of nitrogens with zero attached hydrogens (tertiary/aromatic N) is 5. The van der Waals surface area contributed by atoms with Crippen molar-refractivity contribution in [2.45, 2.75) is 13.5 Å². The van der Waals surface area contributed by atoms with Gasteiger partial charge in [0.2, 0.25) is 5.95 Å². The van der Waals surface area contributed by atoms with Gasteiger partial charge in [-0.25, -0.2) is 14.1 Å². The van der Waals surface area contributed by atoms with Gasteiger partial charge in [-0.2, -0.15) is 5.10 Å². The predicted octanol–water partition coefficient (Wildman–Crippen LogP) is 2.41. The van der Waals surface area contributed by atoms with E-state index in [1.165, 1.54) is 27.8 Å². The maximum absolute atomic E-state index is 13.2. The third-order valence-electron chi connectivity index (χ3n) is 3.36. The largest absolute Gasteiger partial charge is 0.288 e. The zero-order chi connectivity index (χ0) is 17.3. The number of nitrogens with one attached hydrogen (secondary N) is 1. The summed E-state index contributed by atoms with van der Waals surface area (Å²) in [5.74, 6) is -0.639. The Morgan fingerprint density at radius 3 is 2.83 bits per heavy atom. The number of carbonyl (C=O) groups is 1. The van der Waals surface area contributed by atoms with Crippen molar-refractivity contribution in [3.8, 4) is 0 Å². The predicted molar refractivity (Wildman–Crippen MR) is 86.4 cm³/mol. The SMILES string of the molecule is Cc1nn(C)c(C(=O)Nc2ncn(Cc3cccc(F)c3)n2)c1Cl. The topological polar surface area (TPSA) is 77.6 Å². The molecule has 0 atom stereocenters. The zero-order valence-corrected chi connectivity index (χ0v) is 13.8. The van der Waals surface area contributed by atoms with E-state index < -0.39 is 5.91 Å². The molecule has 0 spiro atoms. The van der Waals surface area contributed by atoms with Crippen LogP contribution in [0.5, 0.6) is 0 Å². The van der Waals surface area contributed by atoms with Gasteiger partial charge in [0.15, 0.2) is 0 Å². The molecule has 2 heterocycles. The molecule has 0 aliphatic carbocycles. The van der Waals surface area contributed by atoms with Crippen LogP contribution in [0.15, 0.2) is 30.6 Å². The standard InChI is InChI=1S/C15H14ClFN6O/c1-9-12(16)13(22(2)20-9)14(24)19-15-18-8-23(21-15)7-10-4-3-5-11(17)6-10/h3-6,8H,7H2,1-2H3,(H,19,21,24). The summed E-state index contributed by atoms with van der Waals surface area (Å²) in [5.41, 5.74) is 1.53. The fraction of sp³-hybridized carbons (Fsp3) is 0.200. The van der Waals surface area contributed by atoms with Gasteiger partial charge in [0.1, 0.15) is 17.8 Å². The quantitative estimate of drug-likeness (QED) is 0.785. The van der Waals surface area contributed by atoms with Crippen LogP contribution in [0, 0.1) is 12.7 Å². The summed E-state index contributed by atoms with van der Waals surface area (Å²) in [6.45, 7) is 2.05. The molecule has 1 aromatic carbocycles. The third-order valence-corrected chi connectivity index (χ3v) is 3.81. The highest BCUT2D eigenvalue weighted by molar-refractivity contribution is 6.34. The molecule has 0 unspecified atom stereocenters. The number of carbonyl (C=O) groups excluding carboxylic acids is 1. The monoisotopic (exact) mass is 348 g/mol. The summed E-state index contributed by atoms with van der Waals surface area (Å²) < 4.78 is 16.1. The second kappa shape index (κ2) is 6.40. The van der Waals surface area contributed by atoms with Crippen LogP contribution in [0.25, 0.3) is 0 Å². The summed E-state index contributed by atoms with van der Waals surface area (Å²) in [4.78, 5) is 16.3. The van der Waals surface area contributed by atoms with E-state index in [0.717, 1.165) is 5.56 Å². The Balaban J connectivity index is 1.73. The van der Waals surface area contributed by atoms with Gasteiger partial charge in [-0.1, -0.05) is 23.7 Å². The van der Waals surface area contributed by atoms with E-state index in [0.29, 0.717) is 12.2 Å². The normalized spacial score (nSPS) is 10.8. The zero-order valence-electron chi connectivity index (χ0n) is 13.0. The lowest BCUT2D eigenvalue weighted by Gasteiger charge is -2.03. The highest BCUT2D eigenvalue weighted by Crippen LogP contribution is 2.20. The molecule has 9 heteroatoms. The number of halogens is 2. The van der Waals surface area contributed by atoms with Crippen molar-refractivity contribution in [2.75, 3.05) is 5.32 Å². The molecular formula is C15H14ClFN6O. The number of aryl methyl sites for hydroxylation is 2. The van der Waals surface area contributed by atoms with Gasteiger partial charge in [-0.05, 0) is 24.6 Å². The van der Waals surface area contributed by atoms with Crippen molar-refractivity contribution in [2.24, 2.45) is 7.05 Å². The van der Waals surface area contributed by atoms with Crippen molar-refractivity contribution < 1.29 is 9.18 Å². The number of benzene rings is 1. The van der Waals surface area contributed by atoms with Crippen LogP contribution < -0.4 is 5.32 Å². The minimum atomic E-state index is -0.452. The van der Waals surface area contributed by atoms with Crippen LogP contribution in [-0.2, 0) is 13.6 Å². The Morgan fingerprint density at radius 1 is 1.38 bits per heavy atom. The molecular weight excluding hydrogens is 335 g/mol. The van der Waals surface area contributed by atoms with Crippen LogP contribution in [0.4, 0.5) is 10.3 Å². The van der Waals surface area contributed by atoms with Gasteiger partial charge in [0, 0.05) is 7.05 Å². The van der Waals surface area contributed by atoms with Crippen molar-refractivity contribution in [3.63, 3.8) is 0 Å². The van der Waals surface area contributed by atoms with Crippen LogP contribution in [0.2, 0.25) is 5.02 Å². The van der Waals surface area contributed by atoms with E-state index in [1.807, 2.05) is 0 Å². The van der Waals surface area contributed by atoms with Crippen LogP contribution >= 0.6 is 11.6 Å². The Morgan fingerprint density at radius 2 is 2.17 bits per heavy atom. The summed E-state index contributed by atoms with van der Waals surface area (Å²) in [7, 11) is 1.63. The van der Waals surface area contributed by atoms with Crippen molar-refractivity contribution in [3.05, 3.63) is 58.4 Å². The third kappa shape index (κ3) is 3.28. The number of rotatable bonds is 4. The van der Waals surface area contributed by atoms with Gasteiger partial charge in [-0.15, -0.1) is 5.10 Å². The van der Waals surface area contributed by atoms with Gasteiger partial charge in [0.25, 0.3) is 5.91 Å². The minimum absolute atomic E-state index is 0.131. The molecule has 0 saturated carbocycles. The minimum Gasteiger partial charge on any atom is -0.288 e. The number of anilines is 1. The van der Waals surface area contributed by atoms with Crippen molar-refractivity contribution in [1.82, 2.24) is 24.5 Å². The Bertz CT molecular complexity index is 903. The second-order valence-corrected chi connectivity index (χ2v) is 5.60. The van der Waals surface area contributed by atoms with Crippen molar-refractivity contribution >= 4 is 23.5 Å². The number of amides is 1. The molecule has 0 fully saturated rings. The molecule has 1 amide bonds. The number of aromatic nitrogens is 5. The fourth-order valence-electron chi connectivity index (χ4n) is 2.29. The highest BCUT2D eigenvalue weighted by Gasteiger charge is 2.19. The summed E-state index contributed by atoms with van der Waals surface area (Å²) in [5, 5.41) is 11.1. The summed E-state index contributed by atoms with van der Waals surface area (Å²) in [6, 6.07) is 6.19. The lowest BCUT2D eigenvalue weighted by atomic mass is 10.2. The lowest BCUT2D eigenvalue weighted by Crippen LogP contribution is -2.17. The molecule has 24 heavy (non-hydrogen) atoms. The van der Waals surface area contributed by atoms with Gasteiger partial charge < -0.3 is 0 Å². The fourth-order valence-corrected chi connectivity index (χ4v) is 2.54. The van der Waals surface area contributed by atoms with E-state index in [9.17, 15) is 9.18 Å². The molecule has 3 rings (SSSR count). The van der Waals surface area contributed by atoms with Crippen LogP contribution in [0.1, 0.15) is 21.7 Å². The molecule has 0 aliphatic heterocycles. The van der Waals surface area contributed by atoms with E-state index in [-0.39, 0.29) is 22.5 Å². The van der Waals surface area contributed by atoms with Crippen molar-refractivity contribution in [1.29, 1.82) is 0 Å². The van der Waals surface area contributed by atoms with E-state index in [4.69, 9.17) is 11.6 Å². The first-order valence-electron chi connectivity index (χ1n) is 7.08. The Kier molecular flexibility index (Phi) is 4.30. The first kappa shape index (κ1) is 16.1. The van der Waals surface area contributed by atoms with Crippen LogP contribution in [0.3, 0.4) is 0 Å². The number of hydrogen-bond donors (Lipinski definition) is 1. The Hall–Kier alpha value is -2.74. The molecule has 124 valence electrons. The lowest BCUT2D eigenvalue weighted by molar-refractivity contribution is 0.101. The number of hydrogen-bond acceptors (Lipinski definition) is 4. The highest BCUT2D eigenvalue weighted by atomic mass is 35.5. The first-order chi connectivity index (χ1) is 11.4. The van der Waals surface area contributed by atoms with E-state index >= 15 is 0 Å². The molecule has 3 aromatic rings. The van der Waals surface area contributed by atoms with Gasteiger partial charge in [0.05, 0.1) is 17.3 Å². The molecule has 0 bridgehead atoms. The van der Waals surface area contributed by atoms with Gasteiger partial charge >= 0.3 is 0 Å². The maximum Gasteiger partial charge on any atom is 0.277 e.